The summed E-state index contributed by atoms with van der Waals surface area (Å²) in [6, 6.07) is 15.1. The summed E-state index contributed by atoms with van der Waals surface area (Å²) in [5.74, 6) is 0.496. The van der Waals surface area contributed by atoms with Crippen LogP contribution >= 0.6 is 0 Å². The van der Waals surface area contributed by atoms with Gasteiger partial charge in [-0.15, -0.1) is 0 Å². The van der Waals surface area contributed by atoms with E-state index in [0.717, 1.165) is 5.56 Å². The Balaban J connectivity index is 1.59. The van der Waals surface area contributed by atoms with Crippen LogP contribution in [0.3, 0.4) is 0 Å². The van der Waals surface area contributed by atoms with Gasteiger partial charge in [0, 0.05) is 24.1 Å². The molecule has 0 saturated heterocycles. The van der Waals surface area contributed by atoms with E-state index in [1.54, 1.807) is 6.07 Å². The molecule has 0 saturated carbocycles. The monoisotopic (exact) mass is 372 g/mol. The van der Waals surface area contributed by atoms with Crippen molar-refractivity contribution in [2.24, 2.45) is 5.14 Å². The predicted octanol–water partition coefficient (Wildman–Crippen LogP) is 1.96. The second-order valence-corrected chi connectivity index (χ2v) is 7.06. The molecule has 26 heavy (non-hydrogen) atoms. The highest BCUT2D eigenvalue weighted by Gasteiger charge is 2.12. The zero-order valence-electron chi connectivity index (χ0n) is 13.6. The number of primary sulfonamides is 1. The molecule has 0 aliphatic heterocycles. The Bertz CT molecular complexity index is 1020. The summed E-state index contributed by atoms with van der Waals surface area (Å²) in [6.45, 7) is 0. The van der Waals surface area contributed by atoms with Crippen molar-refractivity contribution in [2.75, 3.05) is 5.32 Å². The Labute approximate surface area is 150 Å². The maximum Gasteiger partial charge on any atom is 0.238 e. The van der Waals surface area contributed by atoms with Crippen LogP contribution in [-0.2, 0) is 21.2 Å². The zero-order chi connectivity index (χ0) is 18.6. The number of aryl methyl sites for hydroxylation is 1. The maximum absolute atomic E-state index is 12.0. The maximum atomic E-state index is 12.0. The largest absolute Gasteiger partial charge is 0.339 e. The Morgan fingerprint density at radius 2 is 1.88 bits per heavy atom. The average molecular weight is 372 g/mol. The van der Waals surface area contributed by atoms with Crippen molar-refractivity contribution in [3.8, 4) is 11.4 Å². The highest BCUT2D eigenvalue weighted by Crippen LogP contribution is 2.16. The quantitative estimate of drug-likeness (QED) is 0.680. The number of nitrogens with one attached hydrogen (secondary N) is 1. The summed E-state index contributed by atoms with van der Waals surface area (Å²) in [7, 11) is -3.82. The van der Waals surface area contributed by atoms with Crippen LogP contribution in [-0.4, -0.2) is 24.5 Å². The highest BCUT2D eigenvalue weighted by atomic mass is 32.2. The zero-order valence-corrected chi connectivity index (χ0v) is 14.4. The molecule has 0 atom stereocenters. The van der Waals surface area contributed by atoms with Crippen molar-refractivity contribution in [2.45, 2.75) is 17.7 Å². The Morgan fingerprint density at radius 3 is 2.62 bits per heavy atom. The first-order valence-electron chi connectivity index (χ1n) is 7.72. The van der Waals surface area contributed by atoms with Gasteiger partial charge in [-0.1, -0.05) is 41.6 Å². The fraction of sp³-hybridized carbons (Fsp3) is 0.118. The SMILES string of the molecule is NS(=O)(=O)c1cccc(NC(=O)CCc2nc(-c3ccccc3)no2)c1. The minimum atomic E-state index is -3.82. The molecule has 0 spiro atoms. The van der Waals surface area contributed by atoms with E-state index in [4.69, 9.17) is 9.66 Å². The molecule has 0 aliphatic rings. The van der Waals surface area contributed by atoms with Crippen molar-refractivity contribution < 1.29 is 17.7 Å². The summed E-state index contributed by atoms with van der Waals surface area (Å²) in [5, 5.41) is 11.6. The number of anilines is 1. The van der Waals surface area contributed by atoms with Gasteiger partial charge in [0.2, 0.25) is 27.6 Å². The van der Waals surface area contributed by atoms with Gasteiger partial charge in [0.25, 0.3) is 0 Å². The van der Waals surface area contributed by atoms with Gasteiger partial charge >= 0.3 is 0 Å². The summed E-state index contributed by atoms with van der Waals surface area (Å²) in [5.41, 5.74) is 1.17. The van der Waals surface area contributed by atoms with E-state index in [0.29, 0.717) is 17.4 Å². The molecule has 1 heterocycles. The molecule has 0 aliphatic carbocycles. The van der Waals surface area contributed by atoms with Crippen LogP contribution in [0.15, 0.2) is 64.0 Å². The van der Waals surface area contributed by atoms with E-state index in [9.17, 15) is 13.2 Å². The molecule has 0 bridgehead atoms. The minimum absolute atomic E-state index is 0.0697. The number of rotatable bonds is 6. The standard InChI is InChI=1S/C17H16N4O4S/c18-26(23,24)14-8-4-7-13(11-14)19-15(22)9-10-16-20-17(21-25-16)12-5-2-1-3-6-12/h1-8,11H,9-10H2,(H,19,22)(H2,18,23,24). The summed E-state index contributed by atoms with van der Waals surface area (Å²) in [6.07, 6.45) is 0.372. The number of hydrogen-bond acceptors (Lipinski definition) is 6. The second-order valence-electron chi connectivity index (χ2n) is 5.50. The summed E-state index contributed by atoms with van der Waals surface area (Å²) < 4.78 is 27.8. The van der Waals surface area contributed by atoms with Crippen molar-refractivity contribution in [3.63, 3.8) is 0 Å². The second kappa shape index (κ2) is 7.46. The average Bonchev–Trinajstić information content (AvgIpc) is 3.09. The molecule has 1 aromatic heterocycles. The normalized spacial score (nSPS) is 11.3. The van der Waals surface area contributed by atoms with E-state index in [-0.39, 0.29) is 23.6 Å². The van der Waals surface area contributed by atoms with Crippen molar-refractivity contribution in [1.82, 2.24) is 10.1 Å². The number of benzene rings is 2. The van der Waals surface area contributed by atoms with Crippen LogP contribution in [0.2, 0.25) is 0 Å². The molecule has 0 unspecified atom stereocenters. The molecule has 0 radical (unpaired) electrons. The van der Waals surface area contributed by atoms with Gasteiger partial charge < -0.3 is 9.84 Å². The summed E-state index contributed by atoms with van der Waals surface area (Å²) in [4.78, 5) is 16.2. The predicted molar refractivity (Wildman–Crippen MR) is 94.5 cm³/mol. The van der Waals surface area contributed by atoms with Gasteiger partial charge in [0.1, 0.15) is 0 Å². The fourth-order valence-corrected chi connectivity index (χ4v) is 2.82. The van der Waals surface area contributed by atoms with E-state index >= 15 is 0 Å². The van der Waals surface area contributed by atoms with Gasteiger partial charge in [0.15, 0.2) is 0 Å². The van der Waals surface area contributed by atoms with E-state index in [1.807, 2.05) is 30.3 Å². The molecule has 8 nitrogen and oxygen atoms in total. The third-order valence-corrected chi connectivity index (χ3v) is 4.42. The van der Waals surface area contributed by atoms with Crippen LogP contribution in [0.25, 0.3) is 11.4 Å². The third kappa shape index (κ3) is 4.52. The van der Waals surface area contributed by atoms with Crippen molar-refractivity contribution in [1.29, 1.82) is 0 Å². The smallest absolute Gasteiger partial charge is 0.238 e. The molecule has 2 aromatic carbocycles. The van der Waals surface area contributed by atoms with Crippen molar-refractivity contribution in [3.05, 3.63) is 60.5 Å². The number of nitrogens with two attached hydrogens (primary N) is 1. The van der Waals surface area contributed by atoms with Gasteiger partial charge in [0.05, 0.1) is 4.90 Å². The molecule has 134 valence electrons. The molecule has 3 rings (SSSR count). The lowest BCUT2D eigenvalue weighted by atomic mass is 10.2. The van der Waals surface area contributed by atoms with Crippen LogP contribution in [0.5, 0.6) is 0 Å². The molecule has 0 fully saturated rings. The lowest BCUT2D eigenvalue weighted by molar-refractivity contribution is -0.116. The number of carbonyl (C=O) groups excluding carboxylic acids is 1. The number of aromatic nitrogens is 2. The first kappa shape index (κ1) is 17.8. The number of amides is 1. The topological polar surface area (TPSA) is 128 Å². The Hall–Kier alpha value is -3.04. The number of nitrogens with zero attached hydrogens (tertiary/aromatic N) is 2. The molecular weight excluding hydrogens is 356 g/mol. The number of sulfonamides is 1. The summed E-state index contributed by atoms with van der Waals surface area (Å²) >= 11 is 0. The molecular formula is C17H16N4O4S. The highest BCUT2D eigenvalue weighted by molar-refractivity contribution is 7.89. The lowest BCUT2D eigenvalue weighted by Crippen LogP contribution is -2.15. The lowest BCUT2D eigenvalue weighted by Gasteiger charge is -2.05. The Kier molecular flexibility index (Phi) is 5.10. The van der Waals surface area contributed by atoms with Gasteiger partial charge in [-0.2, -0.15) is 4.98 Å². The third-order valence-electron chi connectivity index (χ3n) is 3.51. The van der Waals surface area contributed by atoms with Crippen LogP contribution < -0.4 is 10.5 Å². The molecule has 9 heteroatoms. The molecule has 1 amide bonds. The van der Waals surface area contributed by atoms with E-state index < -0.39 is 10.0 Å². The first-order chi connectivity index (χ1) is 12.4. The Morgan fingerprint density at radius 1 is 1.12 bits per heavy atom. The van der Waals surface area contributed by atoms with Crippen LogP contribution in [0.4, 0.5) is 5.69 Å². The minimum Gasteiger partial charge on any atom is -0.339 e. The fourth-order valence-electron chi connectivity index (χ4n) is 2.26. The van der Waals surface area contributed by atoms with Crippen LogP contribution in [0, 0.1) is 0 Å². The molecule has 3 aromatic rings. The number of carbonyl (C=O) groups is 1. The van der Waals surface area contributed by atoms with Crippen molar-refractivity contribution >= 4 is 21.6 Å². The van der Waals surface area contributed by atoms with Gasteiger partial charge in [-0.3, -0.25) is 4.79 Å². The van der Waals surface area contributed by atoms with Crippen LogP contribution in [0.1, 0.15) is 12.3 Å². The van der Waals surface area contributed by atoms with E-state index in [1.165, 1.54) is 18.2 Å². The number of hydrogen-bond donors (Lipinski definition) is 2. The van der Waals surface area contributed by atoms with Gasteiger partial charge in [-0.25, -0.2) is 13.6 Å². The van der Waals surface area contributed by atoms with E-state index in [2.05, 4.69) is 15.5 Å². The first-order valence-corrected chi connectivity index (χ1v) is 9.27. The molecule has 3 N–H and O–H groups in total. The van der Waals surface area contributed by atoms with Gasteiger partial charge in [-0.05, 0) is 18.2 Å².